The zero-order chi connectivity index (χ0) is 10.8. The van der Waals surface area contributed by atoms with Gasteiger partial charge in [0.15, 0.2) is 0 Å². The van der Waals surface area contributed by atoms with Gasteiger partial charge in [0.2, 0.25) is 0 Å². The minimum atomic E-state index is -2.78. The van der Waals surface area contributed by atoms with Gasteiger partial charge >= 0.3 is 0 Å². The van der Waals surface area contributed by atoms with Crippen LogP contribution in [0.1, 0.15) is 39.5 Å². The predicted molar refractivity (Wildman–Crippen MR) is 63.6 cm³/mol. The molecule has 0 heterocycles. The summed E-state index contributed by atoms with van der Waals surface area (Å²) in [4.78, 5) is 0.594. The second kappa shape index (κ2) is 4.52. The Balaban J connectivity index is 2.46. The van der Waals surface area contributed by atoms with Gasteiger partial charge in [0, 0.05) is 10.6 Å². The quantitative estimate of drug-likeness (QED) is 0.743. The van der Waals surface area contributed by atoms with Crippen molar-refractivity contribution in [2.24, 2.45) is 5.41 Å². The maximum Gasteiger partial charge on any atom is 0.150 e. The summed E-state index contributed by atoms with van der Waals surface area (Å²) in [5.41, 5.74) is 0.246. The highest BCUT2D eigenvalue weighted by Crippen LogP contribution is 2.43. The summed E-state index contributed by atoms with van der Waals surface area (Å²) in [6, 6.07) is 0. The zero-order valence-corrected chi connectivity index (χ0v) is 11.3. The first kappa shape index (κ1) is 12.5. The van der Waals surface area contributed by atoms with Gasteiger partial charge in [0.25, 0.3) is 0 Å². The molecule has 0 N–H and O–H groups in total. The van der Waals surface area contributed by atoms with Crippen LogP contribution in [0.15, 0.2) is 0 Å². The van der Waals surface area contributed by atoms with Crippen molar-refractivity contribution in [3.8, 4) is 0 Å². The third-order valence-electron chi connectivity index (χ3n) is 3.23. The molecule has 1 aliphatic carbocycles. The number of rotatable bonds is 4. The van der Waals surface area contributed by atoms with Crippen molar-refractivity contribution in [1.29, 1.82) is 0 Å². The van der Waals surface area contributed by atoms with Gasteiger partial charge in [-0.15, -0.1) is 0 Å². The summed E-state index contributed by atoms with van der Waals surface area (Å²) >= 11 is 3.60. The van der Waals surface area contributed by atoms with E-state index >= 15 is 0 Å². The fourth-order valence-electron chi connectivity index (χ4n) is 2.02. The van der Waals surface area contributed by atoms with E-state index in [0.717, 1.165) is 19.3 Å². The highest BCUT2D eigenvalue weighted by Gasteiger charge is 2.34. The fourth-order valence-corrected chi connectivity index (χ4v) is 4.12. The smallest absolute Gasteiger partial charge is 0.150 e. The Bertz CT molecular complexity index is 286. The lowest BCUT2D eigenvalue weighted by Gasteiger charge is -2.23. The Labute approximate surface area is 95.5 Å². The van der Waals surface area contributed by atoms with Gasteiger partial charge in [-0.05, 0) is 31.1 Å². The second-order valence-corrected chi connectivity index (χ2v) is 8.40. The molecular formula is C10H19BrO2S. The largest absolute Gasteiger partial charge is 0.229 e. The normalized spacial score (nSPS) is 33.5. The lowest BCUT2D eigenvalue weighted by atomic mass is 9.86. The lowest BCUT2D eigenvalue weighted by Crippen LogP contribution is -2.19. The van der Waals surface area contributed by atoms with Crippen molar-refractivity contribution in [2.45, 2.75) is 44.4 Å². The zero-order valence-electron chi connectivity index (χ0n) is 8.92. The summed E-state index contributed by atoms with van der Waals surface area (Å²) in [6.45, 7) is 3.93. The Morgan fingerprint density at radius 2 is 2.14 bits per heavy atom. The van der Waals surface area contributed by atoms with E-state index in [1.807, 2.05) is 0 Å². The molecule has 4 heteroatoms. The molecular weight excluding hydrogens is 264 g/mol. The maximum absolute atomic E-state index is 11.4. The average Bonchev–Trinajstić information content (AvgIpc) is 2.45. The maximum atomic E-state index is 11.4. The highest BCUT2D eigenvalue weighted by atomic mass is 79.9. The van der Waals surface area contributed by atoms with Crippen molar-refractivity contribution >= 4 is 25.8 Å². The summed E-state index contributed by atoms with van der Waals surface area (Å²) in [6.07, 6.45) is 4.28. The van der Waals surface area contributed by atoms with Crippen molar-refractivity contribution < 1.29 is 8.42 Å². The third kappa shape index (κ3) is 3.54. The van der Waals surface area contributed by atoms with Crippen LogP contribution in [0.3, 0.4) is 0 Å². The van der Waals surface area contributed by atoms with Gasteiger partial charge in [-0.1, -0.05) is 29.8 Å². The van der Waals surface area contributed by atoms with E-state index < -0.39 is 9.84 Å². The van der Waals surface area contributed by atoms with Crippen molar-refractivity contribution in [3.63, 3.8) is 0 Å². The van der Waals surface area contributed by atoms with Crippen LogP contribution in [0.4, 0.5) is 0 Å². The van der Waals surface area contributed by atoms with Crippen molar-refractivity contribution in [1.82, 2.24) is 0 Å². The molecule has 14 heavy (non-hydrogen) atoms. The number of halogens is 1. The Morgan fingerprint density at radius 1 is 1.50 bits per heavy atom. The minimum Gasteiger partial charge on any atom is -0.229 e. The second-order valence-electron chi connectivity index (χ2n) is 4.64. The third-order valence-corrected chi connectivity index (χ3v) is 5.72. The molecule has 84 valence electrons. The first-order valence-electron chi connectivity index (χ1n) is 5.21. The number of sulfone groups is 1. The summed E-state index contributed by atoms with van der Waals surface area (Å²) in [5, 5.41) is 0. The molecule has 2 unspecified atom stereocenters. The standard InChI is InChI=1S/C10H19BrO2S/c1-3-14(12,13)7-6-10(2)5-4-9(11)8-10/h9H,3-8H2,1-2H3. The molecule has 0 bridgehead atoms. The van der Waals surface area contributed by atoms with E-state index in [4.69, 9.17) is 0 Å². The number of hydrogen-bond acceptors (Lipinski definition) is 2. The van der Waals surface area contributed by atoms with E-state index in [9.17, 15) is 8.42 Å². The summed E-state index contributed by atoms with van der Waals surface area (Å²) < 4.78 is 22.7. The fraction of sp³-hybridized carbons (Fsp3) is 1.00. The van der Waals surface area contributed by atoms with E-state index in [1.165, 1.54) is 6.42 Å². The molecule has 1 aliphatic rings. The van der Waals surface area contributed by atoms with Crippen molar-refractivity contribution in [3.05, 3.63) is 0 Å². The van der Waals surface area contributed by atoms with Crippen LogP contribution in [0.25, 0.3) is 0 Å². The van der Waals surface area contributed by atoms with Gasteiger partial charge in [0.05, 0.1) is 5.75 Å². The van der Waals surface area contributed by atoms with Crippen LogP contribution in [-0.2, 0) is 9.84 Å². The average molecular weight is 283 g/mol. The molecule has 0 aromatic rings. The van der Waals surface area contributed by atoms with Gasteiger partial charge < -0.3 is 0 Å². The molecule has 0 aliphatic heterocycles. The van der Waals surface area contributed by atoms with Crippen LogP contribution >= 0.6 is 15.9 Å². The molecule has 2 atom stereocenters. The topological polar surface area (TPSA) is 34.1 Å². The Morgan fingerprint density at radius 3 is 2.57 bits per heavy atom. The molecule has 1 rings (SSSR count). The molecule has 0 aromatic heterocycles. The predicted octanol–water partition coefficient (Wildman–Crippen LogP) is 2.76. The van der Waals surface area contributed by atoms with E-state index in [0.29, 0.717) is 10.6 Å². The SMILES string of the molecule is CCS(=O)(=O)CCC1(C)CCC(Br)C1. The Kier molecular flexibility index (Phi) is 4.03. The monoisotopic (exact) mass is 282 g/mol. The minimum absolute atomic E-state index is 0.246. The van der Waals surface area contributed by atoms with Crippen LogP contribution in [0.2, 0.25) is 0 Å². The Hall–Kier alpha value is 0.430. The number of alkyl halides is 1. The molecule has 0 spiro atoms. The van der Waals surface area contributed by atoms with E-state index in [-0.39, 0.29) is 11.2 Å². The van der Waals surface area contributed by atoms with Gasteiger partial charge in [-0.25, -0.2) is 8.42 Å². The molecule has 1 fully saturated rings. The van der Waals surface area contributed by atoms with Gasteiger partial charge in [-0.2, -0.15) is 0 Å². The number of hydrogen-bond donors (Lipinski definition) is 0. The van der Waals surface area contributed by atoms with Crippen LogP contribution in [0, 0.1) is 5.41 Å². The first-order chi connectivity index (χ1) is 6.37. The van der Waals surface area contributed by atoms with Crippen LogP contribution in [0.5, 0.6) is 0 Å². The highest BCUT2D eigenvalue weighted by molar-refractivity contribution is 9.09. The molecule has 0 amide bonds. The van der Waals surface area contributed by atoms with Gasteiger partial charge in [-0.3, -0.25) is 0 Å². The van der Waals surface area contributed by atoms with E-state index in [2.05, 4.69) is 22.9 Å². The molecule has 1 saturated carbocycles. The van der Waals surface area contributed by atoms with Crippen molar-refractivity contribution in [2.75, 3.05) is 11.5 Å². The first-order valence-corrected chi connectivity index (χ1v) is 7.95. The van der Waals surface area contributed by atoms with Crippen LogP contribution < -0.4 is 0 Å². The summed E-state index contributed by atoms with van der Waals surface area (Å²) in [5.74, 6) is 0.639. The molecule has 2 nitrogen and oxygen atoms in total. The molecule has 0 saturated heterocycles. The molecule has 0 radical (unpaired) electrons. The van der Waals surface area contributed by atoms with Gasteiger partial charge in [0.1, 0.15) is 9.84 Å². The molecule has 0 aromatic carbocycles. The van der Waals surface area contributed by atoms with Crippen LogP contribution in [-0.4, -0.2) is 24.8 Å². The van der Waals surface area contributed by atoms with E-state index in [1.54, 1.807) is 6.92 Å². The lowest BCUT2D eigenvalue weighted by molar-refractivity contribution is 0.325. The summed E-state index contributed by atoms with van der Waals surface area (Å²) in [7, 11) is -2.78.